The van der Waals surface area contributed by atoms with Crippen molar-refractivity contribution in [2.45, 2.75) is 25.3 Å². The number of hydrogen-bond acceptors (Lipinski definition) is 5. The summed E-state index contributed by atoms with van der Waals surface area (Å²) in [6, 6.07) is 3.52. The molecular formula is C11H15N3O3S. The first-order valence-electron chi connectivity index (χ1n) is 5.92. The van der Waals surface area contributed by atoms with E-state index in [4.69, 9.17) is 0 Å². The summed E-state index contributed by atoms with van der Waals surface area (Å²) in [5.74, 6) is -0.237. The Morgan fingerprint density at radius 2 is 2.22 bits per heavy atom. The molecule has 1 aliphatic rings. The van der Waals surface area contributed by atoms with Gasteiger partial charge in [-0.25, -0.2) is 0 Å². The Hall–Kier alpha value is -1.47. The molecule has 6 nitrogen and oxygen atoms in total. The number of thiophene rings is 1. The monoisotopic (exact) mass is 269 g/mol. The summed E-state index contributed by atoms with van der Waals surface area (Å²) in [5.41, 5.74) is 0. The van der Waals surface area contributed by atoms with Gasteiger partial charge in [-0.2, -0.15) is 0 Å². The van der Waals surface area contributed by atoms with Gasteiger partial charge in [-0.1, -0.05) is 11.3 Å². The van der Waals surface area contributed by atoms with Crippen molar-refractivity contribution in [3.63, 3.8) is 0 Å². The van der Waals surface area contributed by atoms with Gasteiger partial charge >= 0.3 is 5.00 Å². The maximum absolute atomic E-state index is 11.6. The highest BCUT2D eigenvalue weighted by molar-refractivity contribution is 7.17. The molecule has 1 aromatic heterocycles. The van der Waals surface area contributed by atoms with Gasteiger partial charge < -0.3 is 10.6 Å². The Bertz CT molecular complexity index is 442. The predicted octanol–water partition coefficient (Wildman–Crippen LogP) is 1.53. The molecule has 0 atom stereocenters. The van der Waals surface area contributed by atoms with Crippen LogP contribution in [0.25, 0.3) is 0 Å². The van der Waals surface area contributed by atoms with Gasteiger partial charge in [-0.05, 0) is 31.9 Å². The van der Waals surface area contributed by atoms with Gasteiger partial charge in [-0.3, -0.25) is 14.9 Å². The van der Waals surface area contributed by atoms with Gasteiger partial charge in [0.1, 0.15) is 0 Å². The standard InChI is InChI=1S/C11H15N3O3S/c15-11(9-4-5-10(18-9)14(16)17)13-7-1-6-12-8-2-3-8/h4-5,8,12H,1-3,6-7H2,(H,13,15). The van der Waals surface area contributed by atoms with Crippen LogP contribution in [-0.4, -0.2) is 30.0 Å². The molecule has 1 saturated carbocycles. The van der Waals surface area contributed by atoms with Crippen LogP contribution in [0.15, 0.2) is 12.1 Å². The zero-order valence-electron chi connectivity index (χ0n) is 9.85. The Kier molecular flexibility index (Phi) is 4.27. The van der Waals surface area contributed by atoms with E-state index < -0.39 is 4.92 Å². The molecule has 1 fully saturated rings. The fraction of sp³-hybridized carbons (Fsp3) is 0.545. The van der Waals surface area contributed by atoms with Crippen molar-refractivity contribution < 1.29 is 9.72 Å². The van der Waals surface area contributed by atoms with Crippen molar-refractivity contribution in [1.82, 2.24) is 10.6 Å². The van der Waals surface area contributed by atoms with Crippen LogP contribution in [0, 0.1) is 10.1 Å². The third-order valence-corrected chi connectivity index (χ3v) is 3.68. The molecule has 0 saturated heterocycles. The van der Waals surface area contributed by atoms with Crippen LogP contribution in [0.2, 0.25) is 0 Å². The number of nitrogens with one attached hydrogen (secondary N) is 2. The SMILES string of the molecule is O=C(NCCCNC1CC1)c1ccc([N+](=O)[O-])s1. The van der Waals surface area contributed by atoms with E-state index in [-0.39, 0.29) is 10.9 Å². The normalized spacial score (nSPS) is 14.4. The van der Waals surface area contributed by atoms with E-state index in [0.717, 1.165) is 24.3 Å². The molecule has 1 amide bonds. The van der Waals surface area contributed by atoms with Crippen LogP contribution < -0.4 is 10.6 Å². The van der Waals surface area contributed by atoms with E-state index in [1.54, 1.807) is 0 Å². The molecule has 0 unspecified atom stereocenters. The minimum absolute atomic E-state index is 0.00412. The number of hydrogen-bond donors (Lipinski definition) is 2. The smallest absolute Gasteiger partial charge is 0.324 e. The minimum Gasteiger partial charge on any atom is -0.351 e. The first-order chi connectivity index (χ1) is 8.66. The molecule has 1 aliphatic carbocycles. The fourth-order valence-electron chi connectivity index (χ4n) is 1.52. The fourth-order valence-corrected chi connectivity index (χ4v) is 2.26. The Morgan fingerprint density at radius 1 is 1.44 bits per heavy atom. The number of amides is 1. The molecule has 7 heteroatoms. The van der Waals surface area contributed by atoms with Gasteiger partial charge in [-0.15, -0.1) is 0 Å². The van der Waals surface area contributed by atoms with Crippen LogP contribution in [0.1, 0.15) is 28.9 Å². The first kappa shape index (κ1) is 13.0. The maximum Gasteiger partial charge on any atom is 0.324 e. The van der Waals surface area contributed by atoms with E-state index in [1.807, 2.05) is 0 Å². The lowest BCUT2D eigenvalue weighted by atomic mass is 10.4. The summed E-state index contributed by atoms with van der Waals surface area (Å²) in [6.45, 7) is 1.49. The minimum atomic E-state index is -0.485. The maximum atomic E-state index is 11.6. The molecule has 0 aromatic carbocycles. The molecule has 2 rings (SSSR count). The lowest BCUT2D eigenvalue weighted by molar-refractivity contribution is -0.380. The second-order valence-corrected chi connectivity index (χ2v) is 5.30. The van der Waals surface area contributed by atoms with Gasteiger partial charge in [0.2, 0.25) is 0 Å². The highest BCUT2D eigenvalue weighted by Crippen LogP contribution is 2.23. The largest absolute Gasteiger partial charge is 0.351 e. The van der Waals surface area contributed by atoms with Crippen LogP contribution in [0.5, 0.6) is 0 Å². The average Bonchev–Trinajstić information content (AvgIpc) is 3.02. The first-order valence-corrected chi connectivity index (χ1v) is 6.74. The number of nitro groups is 1. The van der Waals surface area contributed by atoms with Crippen molar-refractivity contribution in [1.29, 1.82) is 0 Å². The third-order valence-electron chi connectivity index (χ3n) is 2.65. The van der Waals surface area contributed by atoms with Gasteiger partial charge in [0, 0.05) is 18.7 Å². The van der Waals surface area contributed by atoms with Gasteiger partial charge in [0.05, 0.1) is 9.80 Å². The van der Waals surface area contributed by atoms with Crippen LogP contribution >= 0.6 is 11.3 Å². The highest BCUT2D eigenvalue weighted by atomic mass is 32.1. The van der Waals surface area contributed by atoms with Crippen molar-refractivity contribution in [3.05, 3.63) is 27.1 Å². The highest BCUT2D eigenvalue weighted by Gasteiger charge is 2.19. The van der Waals surface area contributed by atoms with Crippen molar-refractivity contribution in [2.24, 2.45) is 0 Å². The van der Waals surface area contributed by atoms with E-state index in [0.29, 0.717) is 17.5 Å². The summed E-state index contributed by atoms with van der Waals surface area (Å²) in [6.07, 6.45) is 3.38. The zero-order chi connectivity index (χ0) is 13.0. The van der Waals surface area contributed by atoms with E-state index >= 15 is 0 Å². The molecule has 0 aliphatic heterocycles. The molecule has 0 bridgehead atoms. The molecule has 2 N–H and O–H groups in total. The number of carbonyl (C=O) groups excluding carboxylic acids is 1. The Labute approximate surface area is 109 Å². The summed E-state index contributed by atoms with van der Waals surface area (Å²) in [5, 5.41) is 16.6. The van der Waals surface area contributed by atoms with Crippen molar-refractivity contribution in [3.8, 4) is 0 Å². The predicted molar refractivity (Wildman–Crippen MR) is 68.9 cm³/mol. The van der Waals surface area contributed by atoms with Crippen molar-refractivity contribution in [2.75, 3.05) is 13.1 Å². The number of carbonyl (C=O) groups is 1. The topological polar surface area (TPSA) is 84.3 Å². The average molecular weight is 269 g/mol. The molecular weight excluding hydrogens is 254 g/mol. The molecule has 0 radical (unpaired) electrons. The van der Waals surface area contributed by atoms with Crippen LogP contribution in [0.3, 0.4) is 0 Å². The molecule has 0 spiro atoms. The third kappa shape index (κ3) is 3.78. The van der Waals surface area contributed by atoms with E-state index in [1.165, 1.54) is 25.0 Å². The zero-order valence-corrected chi connectivity index (χ0v) is 10.7. The van der Waals surface area contributed by atoms with Gasteiger partial charge in [0.25, 0.3) is 5.91 Å². The molecule has 1 aromatic rings. The molecule has 18 heavy (non-hydrogen) atoms. The summed E-state index contributed by atoms with van der Waals surface area (Å²) >= 11 is 0.901. The van der Waals surface area contributed by atoms with Crippen LogP contribution in [0.4, 0.5) is 5.00 Å². The summed E-state index contributed by atoms with van der Waals surface area (Å²) in [4.78, 5) is 22.0. The van der Waals surface area contributed by atoms with Crippen LogP contribution in [-0.2, 0) is 0 Å². The van der Waals surface area contributed by atoms with E-state index in [2.05, 4.69) is 10.6 Å². The van der Waals surface area contributed by atoms with E-state index in [9.17, 15) is 14.9 Å². The molecule has 98 valence electrons. The quantitative estimate of drug-likeness (QED) is 0.446. The lowest BCUT2D eigenvalue weighted by Gasteiger charge is -2.04. The second kappa shape index (κ2) is 5.92. The van der Waals surface area contributed by atoms with Gasteiger partial charge in [0.15, 0.2) is 0 Å². The summed E-state index contributed by atoms with van der Waals surface area (Å²) in [7, 11) is 0. The lowest BCUT2D eigenvalue weighted by Crippen LogP contribution is -2.27. The Morgan fingerprint density at radius 3 is 2.83 bits per heavy atom. The summed E-state index contributed by atoms with van der Waals surface area (Å²) < 4.78 is 0. The Balaban J connectivity index is 1.67. The van der Waals surface area contributed by atoms with Crippen molar-refractivity contribution >= 4 is 22.2 Å². The second-order valence-electron chi connectivity index (χ2n) is 4.23. The number of nitrogens with zero attached hydrogens (tertiary/aromatic N) is 1. The number of rotatable bonds is 7. The molecule has 1 heterocycles.